The molecule has 0 radical (unpaired) electrons. The molecule has 9 nitrogen and oxygen atoms in total. The Hall–Kier alpha value is -4.14. The van der Waals surface area contributed by atoms with Gasteiger partial charge in [-0.3, -0.25) is 15.5 Å². The first kappa shape index (κ1) is 17.7. The van der Waals surface area contributed by atoms with Crippen molar-refractivity contribution in [2.75, 3.05) is 10.9 Å². The van der Waals surface area contributed by atoms with E-state index in [9.17, 15) is 10.1 Å². The van der Waals surface area contributed by atoms with E-state index in [0.29, 0.717) is 0 Å². The summed E-state index contributed by atoms with van der Waals surface area (Å²) in [6.45, 7) is 0. The number of hydrogen-bond acceptors (Lipinski definition) is 8. The Morgan fingerprint density at radius 2 is 1.44 bits per heavy atom. The van der Waals surface area contributed by atoms with Crippen LogP contribution < -0.4 is 10.9 Å². The van der Waals surface area contributed by atoms with Gasteiger partial charge in [0.25, 0.3) is 0 Å². The van der Waals surface area contributed by atoms with Crippen LogP contribution in [0.5, 0.6) is 0 Å². The van der Waals surface area contributed by atoms with Gasteiger partial charge >= 0.3 is 5.69 Å². The molecule has 0 aliphatic rings. The number of hydrogen-bond donors (Lipinski definition) is 2. The fourth-order valence-electron chi connectivity index (χ4n) is 2.06. The minimum Gasteiger partial charge on any atom is -0.258 e. The molecule has 1 heterocycles. The van der Waals surface area contributed by atoms with Crippen LogP contribution in [0.2, 0.25) is 0 Å². The molecule has 27 heavy (non-hydrogen) atoms. The molecule has 1 aromatic heterocycles. The lowest BCUT2D eigenvalue weighted by atomic mass is 10.2. The minimum atomic E-state index is -0.586. The first-order chi connectivity index (χ1) is 13.2. The Morgan fingerprint density at radius 1 is 0.889 bits per heavy atom. The molecule has 0 spiro atoms. The highest BCUT2D eigenvalue weighted by Crippen LogP contribution is 2.21. The maximum Gasteiger partial charge on any atom is 0.331 e. The highest BCUT2D eigenvalue weighted by Gasteiger charge is 2.16. The monoisotopic (exact) mass is 361 g/mol. The highest BCUT2D eigenvalue weighted by molar-refractivity contribution is 5.80. The molecule has 0 amide bonds. The van der Waals surface area contributed by atoms with Crippen molar-refractivity contribution in [3.05, 3.63) is 88.1 Å². The first-order valence-electron chi connectivity index (χ1n) is 7.92. The summed E-state index contributed by atoms with van der Waals surface area (Å²) in [5, 5.41) is 19.2. The molecule has 0 bridgehead atoms. The Morgan fingerprint density at radius 3 is 2.00 bits per heavy atom. The molecular formula is C18H15N7O2. The van der Waals surface area contributed by atoms with Crippen molar-refractivity contribution in [2.24, 2.45) is 10.2 Å². The first-order valence-corrected chi connectivity index (χ1v) is 7.92. The normalized spacial score (nSPS) is 11.0. The van der Waals surface area contributed by atoms with Crippen molar-refractivity contribution < 1.29 is 4.92 Å². The third kappa shape index (κ3) is 5.16. The van der Waals surface area contributed by atoms with Gasteiger partial charge in [-0.1, -0.05) is 60.7 Å². The second-order valence-electron chi connectivity index (χ2n) is 5.25. The summed E-state index contributed by atoms with van der Waals surface area (Å²) in [7, 11) is 0. The van der Waals surface area contributed by atoms with Crippen molar-refractivity contribution in [3.8, 4) is 0 Å². The fraction of sp³-hybridized carbons (Fsp3) is 0. The van der Waals surface area contributed by atoms with E-state index in [1.54, 1.807) is 6.21 Å². The summed E-state index contributed by atoms with van der Waals surface area (Å²) in [6.07, 6.45) is 4.21. The molecule has 0 saturated carbocycles. The molecule has 0 unspecified atom stereocenters. The van der Waals surface area contributed by atoms with E-state index in [1.807, 2.05) is 60.7 Å². The largest absolute Gasteiger partial charge is 0.331 e. The summed E-state index contributed by atoms with van der Waals surface area (Å²) in [5.41, 5.74) is 6.65. The number of rotatable bonds is 7. The van der Waals surface area contributed by atoms with Gasteiger partial charge in [-0.25, -0.2) is 10.4 Å². The van der Waals surface area contributed by atoms with Gasteiger partial charge in [-0.05, 0) is 11.1 Å². The maximum absolute atomic E-state index is 11.1. The SMILES string of the molecule is O=[N+]([O-])c1cnc(NN=Cc2ccccc2)nc1NN=Cc1ccccc1. The van der Waals surface area contributed by atoms with E-state index >= 15 is 0 Å². The standard InChI is InChI=1S/C18H15N7O2/c26-25(27)16-13-19-18(24-21-12-15-9-5-2-6-10-15)22-17(16)23-20-11-14-7-3-1-4-8-14/h1-13H,(H2,19,22,23,24). The maximum atomic E-state index is 11.1. The van der Waals surface area contributed by atoms with Crippen LogP contribution in [0, 0.1) is 10.1 Å². The molecule has 0 aliphatic carbocycles. The molecule has 134 valence electrons. The molecule has 0 atom stereocenters. The van der Waals surface area contributed by atoms with Gasteiger partial charge < -0.3 is 0 Å². The van der Waals surface area contributed by atoms with Crippen LogP contribution in [0.4, 0.5) is 17.5 Å². The van der Waals surface area contributed by atoms with Gasteiger partial charge in [-0.2, -0.15) is 15.2 Å². The van der Waals surface area contributed by atoms with Gasteiger partial charge in [0.05, 0.1) is 17.4 Å². The van der Waals surface area contributed by atoms with E-state index in [2.05, 4.69) is 31.0 Å². The molecule has 9 heteroatoms. The summed E-state index contributed by atoms with van der Waals surface area (Å²) >= 11 is 0. The molecule has 3 aromatic rings. The molecular weight excluding hydrogens is 346 g/mol. The predicted octanol–water partition coefficient (Wildman–Crippen LogP) is 3.28. The Balaban J connectivity index is 1.73. The van der Waals surface area contributed by atoms with Crippen molar-refractivity contribution in [1.82, 2.24) is 9.97 Å². The lowest BCUT2D eigenvalue weighted by Gasteiger charge is -2.03. The Kier molecular flexibility index (Phi) is 5.77. The van der Waals surface area contributed by atoms with E-state index in [0.717, 1.165) is 17.3 Å². The van der Waals surface area contributed by atoms with Crippen LogP contribution >= 0.6 is 0 Å². The smallest absolute Gasteiger partial charge is 0.258 e. The van der Waals surface area contributed by atoms with Gasteiger partial charge in [0, 0.05) is 0 Å². The summed E-state index contributed by atoms with van der Waals surface area (Å²) < 4.78 is 0. The molecule has 2 N–H and O–H groups in total. The van der Waals surface area contributed by atoms with Crippen LogP contribution in [0.3, 0.4) is 0 Å². The lowest BCUT2D eigenvalue weighted by Crippen LogP contribution is -2.04. The summed E-state index contributed by atoms with van der Waals surface area (Å²) in [5.74, 6) is 0.0600. The lowest BCUT2D eigenvalue weighted by molar-refractivity contribution is -0.384. The van der Waals surface area contributed by atoms with Crippen molar-refractivity contribution in [1.29, 1.82) is 0 Å². The third-order valence-electron chi connectivity index (χ3n) is 3.33. The zero-order valence-corrected chi connectivity index (χ0v) is 14.1. The van der Waals surface area contributed by atoms with Crippen LogP contribution in [0.15, 0.2) is 77.1 Å². The summed E-state index contributed by atoms with van der Waals surface area (Å²) in [4.78, 5) is 18.5. The molecule has 0 fully saturated rings. The number of nitrogens with zero attached hydrogens (tertiary/aromatic N) is 5. The van der Waals surface area contributed by atoms with E-state index in [1.165, 1.54) is 6.21 Å². The number of aromatic nitrogens is 2. The van der Waals surface area contributed by atoms with E-state index in [-0.39, 0.29) is 17.5 Å². The summed E-state index contributed by atoms with van der Waals surface area (Å²) in [6, 6.07) is 18.7. The Bertz CT molecular complexity index is 960. The second kappa shape index (κ2) is 8.81. The number of benzene rings is 2. The van der Waals surface area contributed by atoms with Gasteiger partial charge in [0.15, 0.2) is 0 Å². The van der Waals surface area contributed by atoms with Crippen LogP contribution in [0.25, 0.3) is 0 Å². The third-order valence-corrected chi connectivity index (χ3v) is 3.33. The zero-order chi connectivity index (χ0) is 18.9. The predicted molar refractivity (Wildman–Crippen MR) is 104 cm³/mol. The topological polar surface area (TPSA) is 118 Å². The van der Waals surface area contributed by atoms with Crippen LogP contribution in [0.1, 0.15) is 11.1 Å². The average Bonchev–Trinajstić information content (AvgIpc) is 2.70. The molecule has 0 aliphatic heterocycles. The van der Waals surface area contributed by atoms with Gasteiger partial charge in [0.2, 0.25) is 11.8 Å². The van der Waals surface area contributed by atoms with Crippen LogP contribution in [-0.4, -0.2) is 27.3 Å². The number of anilines is 2. The number of nitrogens with one attached hydrogen (secondary N) is 2. The molecule has 3 rings (SSSR count). The zero-order valence-electron chi connectivity index (χ0n) is 14.1. The molecule has 2 aromatic carbocycles. The van der Waals surface area contributed by atoms with E-state index in [4.69, 9.17) is 0 Å². The number of nitro groups is 1. The minimum absolute atomic E-state index is 0.0420. The van der Waals surface area contributed by atoms with E-state index < -0.39 is 4.92 Å². The van der Waals surface area contributed by atoms with Crippen LogP contribution in [-0.2, 0) is 0 Å². The average molecular weight is 361 g/mol. The highest BCUT2D eigenvalue weighted by atomic mass is 16.6. The van der Waals surface area contributed by atoms with Gasteiger partial charge in [0.1, 0.15) is 6.20 Å². The van der Waals surface area contributed by atoms with Crippen molar-refractivity contribution in [3.63, 3.8) is 0 Å². The number of hydrazone groups is 2. The van der Waals surface area contributed by atoms with Crippen molar-refractivity contribution >= 4 is 29.9 Å². The van der Waals surface area contributed by atoms with Gasteiger partial charge in [-0.15, -0.1) is 0 Å². The molecule has 0 saturated heterocycles. The van der Waals surface area contributed by atoms with Crippen molar-refractivity contribution in [2.45, 2.75) is 0 Å². The Labute approximate surface area is 154 Å². The quantitative estimate of drug-likeness (QED) is 0.379. The second-order valence-corrected chi connectivity index (χ2v) is 5.25. The fourth-order valence-corrected chi connectivity index (χ4v) is 2.06.